The Hall–Kier alpha value is 0.674. The van der Waals surface area contributed by atoms with E-state index in [2.05, 4.69) is 15.7 Å². The van der Waals surface area contributed by atoms with Gasteiger partial charge < -0.3 is 5.48 Å². The van der Waals surface area contributed by atoms with Gasteiger partial charge in [-0.2, -0.15) is 0 Å². The molecule has 0 fully saturated rings. The summed E-state index contributed by atoms with van der Waals surface area (Å²) in [5, 5.41) is 7.00. The second kappa shape index (κ2) is 4.67. The van der Waals surface area contributed by atoms with Crippen LogP contribution in [-0.2, 0) is 17.9 Å². The first-order valence-corrected chi connectivity index (χ1v) is 6.18. The van der Waals surface area contributed by atoms with Crippen LogP contribution in [0.15, 0.2) is 0 Å². The molecule has 0 rings (SSSR count). The molecule has 0 bridgehead atoms. The van der Waals surface area contributed by atoms with Crippen molar-refractivity contribution in [2.75, 3.05) is 0 Å². The van der Waals surface area contributed by atoms with Crippen LogP contribution in [0.1, 0.15) is 0 Å². The molecule has 1 nitrogen and oxygen atoms in total. The molecule has 0 unspecified atom stereocenters. The summed E-state index contributed by atoms with van der Waals surface area (Å²) < 4.78 is 0. The van der Waals surface area contributed by atoms with Crippen molar-refractivity contribution < 1.29 is 23.3 Å². The quantitative estimate of drug-likeness (QED) is 0.416. The van der Waals surface area contributed by atoms with Crippen LogP contribution in [0.2, 0.25) is 15.7 Å². The molecule has 33 valence electrons. The van der Waals surface area contributed by atoms with Crippen LogP contribution >= 0.6 is 0 Å². The van der Waals surface area contributed by atoms with Gasteiger partial charge in [-0.15, -0.1) is 0 Å². The fourth-order valence-corrected chi connectivity index (χ4v) is 0. The van der Waals surface area contributed by atoms with Gasteiger partial charge in [-0.25, -0.2) is 0 Å². The van der Waals surface area contributed by atoms with E-state index in [1.165, 1.54) is 0 Å². The predicted molar refractivity (Wildman–Crippen MR) is 21.2 cm³/mol. The predicted octanol–water partition coefficient (Wildman–Crippen LogP) is 0.924. The first-order valence-electron chi connectivity index (χ1n) is 1.50. The third-order valence-electron chi connectivity index (χ3n) is 0. The van der Waals surface area contributed by atoms with Gasteiger partial charge in [-0.1, -0.05) is 0 Å². The molecule has 5 heavy (non-hydrogen) atoms. The van der Waals surface area contributed by atoms with E-state index in [0.717, 1.165) is 0 Å². The summed E-state index contributed by atoms with van der Waals surface area (Å²) in [6, 6.07) is 0. The number of rotatable bonds is 0. The number of hydrogen-bond acceptors (Lipinski definition) is 0. The Balaban J connectivity index is 0. The monoisotopic (exact) mass is 111 g/mol. The standard InChI is InChI=1S/3CH3.H2O.Ti/h3*1H3;1H2;. The van der Waals surface area contributed by atoms with E-state index in [1.807, 2.05) is 0 Å². The van der Waals surface area contributed by atoms with Crippen molar-refractivity contribution in [2.45, 2.75) is 15.7 Å². The number of hydrogen-bond donors (Lipinski definition) is 0. The first-order chi connectivity index (χ1) is 1.73. The van der Waals surface area contributed by atoms with Crippen LogP contribution in [0.5, 0.6) is 0 Å². The molecule has 0 aliphatic rings. The molecule has 0 heterocycles. The maximum absolute atomic E-state index is 2.33. The average molecular weight is 111 g/mol. The third kappa shape index (κ3) is 73.5. The molecular weight excluding hydrogens is 99.9 g/mol. The average Bonchev–Trinajstić information content (AvgIpc) is 0.811. The summed E-state index contributed by atoms with van der Waals surface area (Å²) in [6.07, 6.45) is 0. The molecular formula is C3H11OTi. The normalized spacial score (nSPS) is 5.40. The van der Waals surface area contributed by atoms with E-state index in [4.69, 9.17) is 0 Å². The molecule has 0 spiro atoms. The maximum atomic E-state index is 2.33. The van der Waals surface area contributed by atoms with Crippen molar-refractivity contribution >= 4 is 0 Å². The Kier molecular flexibility index (Phi) is 8.59. The Morgan fingerprint density at radius 3 is 1.00 bits per heavy atom. The SMILES string of the molecule is O.[CH3][Ti]([CH3])[CH3]. The van der Waals surface area contributed by atoms with E-state index in [1.54, 1.807) is 0 Å². The van der Waals surface area contributed by atoms with Crippen LogP contribution in [-0.4, -0.2) is 5.48 Å². The van der Waals surface area contributed by atoms with Gasteiger partial charge in [0.25, 0.3) is 0 Å². The molecule has 0 aliphatic carbocycles. The van der Waals surface area contributed by atoms with Gasteiger partial charge in [0.05, 0.1) is 0 Å². The minimum absolute atomic E-state index is 0. The molecule has 0 amide bonds. The fraction of sp³-hybridized carbons (Fsp3) is 1.00. The summed E-state index contributed by atoms with van der Waals surface area (Å²) in [5.41, 5.74) is 0. The van der Waals surface area contributed by atoms with Crippen LogP contribution in [0.4, 0.5) is 0 Å². The fourth-order valence-electron chi connectivity index (χ4n) is 0. The van der Waals surface area contributed by atoms with Crippen molar-refractivity contribution in [1.29, 1.82) is 0 Å². The molecule has 0 saturated heterocycles. The molecule has 2 N–H and O–H groups in total. The second-order valence-corrected chi connectivity index (χ2v) is 6.18. The summed E-state index contributed by atoms with van der Waals surface area (Å²) in [7, 11) is 0. The molecule has 0 radical (unpaired) electrons. The van der Waals surface area contributed by atoms with Crippen LogP contribution in [0, 0.1) is 0 Å². The van der Waals surface area contributed by atoms with Gasteiger partial charge in [-0.05, 0) is 0 Å². The molecule has 0 saturated carbocycles. The van der Waals surface area contributed by atoms with Gasteiger partial charge >= 0.3 is 33.6 Å². The molecule has 2 heteroatoms. The minimum atomic E-state index is -0.333. The Morgan fingerprint density at radius 2 is 1.00 bits per heavy atom. The summed E-state index contributed by atoms with van der Waals surface area (Å²) in [4.78, 5) is 0. The molecule has 0 aliphatic heterocycles. The zero-order valence-electron chi connectivity index (χ0n) is 4.00. The van der Waals surface area contributed by atoms with Crippen molar-refractivity contribution in [1.82, 2.24) is 0 Å². The van der Waals surface area contributed by atoms with Gasteiger partial charge in [-0.3, -0.25) is 0 Å². The molecule has 0 atom stereocenters. The molecule has 0 aromatic heterocycles. The zero-order chi connectivity index (χ0) is 3.58. The van der Waals surface area contributed by atoms with Crippen LogP contribution in [0.3, 0.4) is 0 Å². The van der Waals surface area contributed by atoms with E-state index >= 15 is 0 Å². The van der Waals surface area contributed by atoms with Gasteiger partial charge in [0.15, 0.2) is 0 Å². The van der Waals surface area contributed by atoms with E-state index < -0.39 is 0 Å². The summed E-state index contributed by atoms with van der Waals surface area (Å²) in [5.74, 6) is 0. The van der Waals surface area contributed by atoms with E-state index in [-0.39, 0.29) is 23.3 Å². The van der Waals surface area contributed by atoms with Gasteiger partial charge in [0, 0.05) is 0 Å². The third-order valence-corrected chi connectivity index (χ3v) is 0. The topological polar surface area (TPSA) is 31.5 Å². The van der Waals surface area contributed by atoms with Crippen molar-refractivity contribution in [3.63, 3.8) is 0 Å². The Bertz CT molecular complexity index is 11.6. The van der Waals surface area contributed by atoms with E-state index in [0.29, 0.717) is 0 Å². The summed E-state index contributed by atoms with van der Waals surface area (Å²) >= 11 is -0.333. The van der Waals surface area contributed by atoms with Crippen molar-refractivity contribution in [2.24, 2.45) is 0 Å². The van der Waals surface area contributed by atoms with Crippen LogP contribution < -0.4 is 0 Å². The van der Waals surface area contributed by atoms with Crippen molar-refractivity contribution in [3.8, 4) is 0 Å². The van der Waals surface area contributed by atoms with E-state index in [9.17, 15) is 0 Å². The van der Waals surface area contributed by atoms with Gasteiger partial charge in [0.1, 0.15) is 0 Å². The van der Waals surface area contributed by atoms with Crippen molar-refractivity contribution in [3.05, 3.63) is 0 Å². The Morgan fingerprint density at radius 1 is 1.00 bits per heavy atom. The Labute approximate surface area is 39.5 Å². The first kappa shape index (κ1) is 9.18. The molecule has 0 aromatic rings. The summed E-state index contributed by atoms with van der Waals surface area (Å²) in [6.45, 7) is 0. The molecule has 0 aromatic carbocycles. The van der Waals surface area contributed by atoms with Crippen LogP contribution in [0.25, 0.3) is 0 Å². The van der Waals surface area contributed by atoms with Gasteiger partial charge in [0.2, 0.25) is 0 Å². The zero-order valence-corrected chi connectivity index (χ0v) is 5.56. The second-order valence-electron chi connectivity index (χ2n) is 1.50.